The summed E-state index contributed by atoms with van der Waals surface area (Å²) in [6, 6.07) is 8.82. The van der Waals surface area contributed by atoms with Gasteiger partial charge in [0.2, 0.25) is 0 Å². The summed E-state index contributed by atoms with van der Waals surface area (Å²) in [4.78, 5) is 0. The SMILES string of the molecule is C/C(=C1\C=CCCC1)c1ccccc1C(C)C. The predicted molar refractivity (Wildman–Crippen MR) is 76.1 cm³/mol. The van der Waals surface area contributed by atoms with E-state index >= 15 is 0 Å². The highest BCUT2D eigenvalue weighted by Gasteiger charge is 2.10. The minimum Gasteiger partial charge on any atom is -0.0842 e. The monoisotopic (exact) mass is 226 g/mol. The summed E-state index contributed by atoms with van der Waals surface area (Å²) in [6.45, 7) is 6.81. The van der Waals surface area contributed by atoms with Crippen molar-refractivity contribution in [1.29, 1.82) is 0 Å². The van der Waals surface area contributed by atoms with Crippen LogP contribution in [0.25, 0.3) is 5.57 Å². The molecule has 0 saturated heterocycles. The molecule has 0 atom stereocenters. The highest BCUT2D eigenvalue weighted by Crippen LogP contribution is 2.30. The summed E-state index contributed by atoms with van der Waals surface area (Å²) in [6.07, 6.45) is 8.39. The molecule has 0 radical (unpaired) electrons. The van der Waals surface area contributed by atoms with Gasteiger partial charge in [0, 0.05) is 0 Å². The first-order chi connectivity index (χ1) is 8.20. The van der Waals surface area contributed by atoms with Gasteiger partial charge in [-0.25, -0.2) is 0 Å². The van der Waals surface area contributed by atoms with Gasteiger partial charge in [-0.05, 0) is 54.4 Å². The fourth-order valence-electron chi connectivity index (χ4n) is 2.55. The Morgan fingerprint density at radius 2 is 1.94 bits per heavy atom. The topological polar surface area (TPSA) is 0 Å². The molecular weight excluding hydrogens is 204 g/mol. The first kappa shape index (κ1) is 12.2. The van der Waals surface area contributed by atoms with Crippen LogP contribution in [0.2, 0.25) is 0 Å². The molecule has 90 valence electrons. The molecule has 2 rings (SSSR count). The van der Waals surface area contributed by atoms with E-state index in [1.807, 2.05) is 0 Å². The Hall–Kier alpha value is -1.30. The first-order valence-corrected chi connectivity index (χ1v) is 6.65. The fourth-order valence-corrected chi connectivity index (χ4v) is 2.55. The third kappa shape index (κ3) is 2.69. The van der Waals surface area contributed by atoms with Gasteiger partial charge in [-0.1, -0.05) is 50.3 Å². The van der Waals surface area contributed by atoms with Crippen LogP contribution < -0.4 is 0 Å². The maximum absolute atomic E-state index is 2.32. The molecule has 0 fully saturated rings. The standard InChI is InChI=1S/C17H22/c1-13(2)16-11-7-8-12-17(16)14(3)15-9-5-4-6-10-15/h5,7-9,11-13H,4,6,10H2,1-3H3/b15-14-. The Labute approximate surface area is 105 Å². The van der Waals surface area contributed by atoms with Gasteiger partial charge in [0.15, 0.2) is 0 Å². The van der Waals surface area contributed by atoms with Crippen LogP contribution in [0, 0.1) is 0 Å². The van der Waals surface area contributed by atoms with E-state index in [2.05, 4.69) is 57.2 Å². The molecule has 0 aromatic heterocycles. The second-order valence-corrected chi connectivity index (χ2v) is 5.19. The van der Waals surface area contributed by atoms with Crippen molar-refractivity contribution in [3.05, 3.63) is 53.1 Å². The van der Waals surface area contributed by atoms with Gasteiger partial charge >= 0.3 is 0 Å². The van der Waals surface area contributed by atoms with Crippen LogP contribution in [0.5, 0.6) is 0 Å². The predicted octanol–water partition coefficient (Wildman–Crippen LogP) is 5.32. The molecule has 0 aliphatic heterocycles. The van der Waals surface area contributed by atoms with Gasteiger partial charge in [-0.3, -0.25) is 0 Å². The molecule has 1 aromatic carbocycles. The molecule has 0 unspecified atom stereocenters. The lowest BCUT2D eigenvalue weighted by Crippen LogP contribution is -1.97. The Balaban J connectivity index is 2.46. The normalized spacial score (nSPS) is 18.6. The van der Waals surface area contributed by atoms with Crippen LogP contribution in [0.15, 0.2) is 42.0 Å². The average molecular weight is 226 g/mol. The van der Waals surface area contributed by atoms with E-state index < -0.39 is 0 Å². The molecule has 1 aliphatic carbocycles. The highest BCUT2D eigenvalue weighted by atomic mass is 14.2. The number of hydrogen-bond acceptors (Lipinski definition) is 0. The smallest absolute Gasteiger partial charge is 0.0190 e. The van der Waals surface area contributed by atoms with Gasteiger partial charge in [0.25, 0.3) is 0 Å². The first-order valence-electron chi connectivity index (χ1n) is 6.65. The lowest BCUT2D eigenvalue weighted by atomic mass is 9.88. The zero-order chi connectivity index (χ0) is 12.3. The highest BCUT2D eigenvalue weighted by molar-refractivity contribution is 5.72. The van der Waals surface area contributed by atoms with Gasteiger partial charge in [-0.2, -0.15) is 0 Å². The van der Waals surface area contributed by atoms with E-state index in [9.17, 15) is 0 Å². The molecule has 0 saturated carbocycles. The van der Waals surface area contributed by atoms with Gasteiger partial charge in [-0.15, -0.1) is 0 Å². The van der Waals surface area contributed by atoms with Crippen LogP contribution in [-0.2, 0) is 0 Å². The summed E-state index contributed by atoms with van der Waals surface area (Å²) in [7, 11) is 0. The zero-order valence-electron chi connectivity index (χ0n) is 11.2. The van der Waals surface area contributed by atoms with Crippen molar-refractivity contribution in [2.45, 2.75) is 46.0 Å². The minimum atomic E-state index is 0.592. The molecular formula is C17H22. The molecule has 0 bridgehead atoms. The van der Waals surface area contributed by atoms with Crippen LogP contribution >= 0.6 is 0 Å². The molecule has 1 aliphatic rings. The van der Waals surface area contributed by atoms with Crippen molar-refractivity contribution in [3.63, 3.8) is 0 Å². The molecule has 0 spiro atoms. The molecule has 0 heteroatoms. The molecule has 0 nitrogen and oxygen atoms in total. The summed E-state index contributed by atoms with van der Waals surface area (Å²) in [5.74, 6) is 0.592. The van der Waals surface area contributed by atoms with Gasteiger partial charge in [0.1, 0.15) is 0 Å². The number of hydrogen-bond donors (Lipinski definition) is 0. The molecule has 0 heterocycles. The van der Waals surface area contributed by atoms with Crippen LogP contribution in [0.3, 0.4) is 0 Å². The lowest BCUT2D eigenvalue weighted by molar-refractivity contribution is 0.820. The van der Waals surface area contributed by atoms with E-state index in [0.717, 1.165) is 0 Å². The molecule has 0 N–H and O–H groups in total. The van der Waals surface area contributed by atoms with Gasteiger partial charge < -0.3 is 0 Å². The average Bonchev–Trinajstić information content (AvgIpc) is 2.39. The van der Waals surface area contributed by atoms with Crippen molar-refractivity contribution < 1.29 is 0 Å². The van der Waals surface area contributed by atoms with E-state index in [0.29, 0.717) is 5.92 Å². The summed E-state index contributed by atoms with van der Waals surface area (Å²) >= 11 is 0. The third-order valence-electron chi connectivity index (χ3n) is 3.60. The Bertz CT molecular complexity index is 447. The minimum absolute atomic E-state index is 0.592. The van der Waals surface area contributed by atoms with Gasteiger partial charge in [0.05, 0.1) is 0 Å². The quantitative estimate of drug-likeness (QED) is 0.640. The summed E-state index contributed by atoms with van der Waals surface area (Å²) in [5, 5.41) is 0. The van der Waals surface area contributed by atoms with Crippen molar-refractivity contribution >= 4 is 5.57 Å². The largest absolute Gasteiger partial charge is 0.0842 e. The second kappa shape index (κ2) is 5.35. The van der Waals surface area contributed by atoms with Crippen molar-refractivity contribution in [3.8, 4) is 0 Å². The maximum Gasteiger partial charge on any atom is -0.0190 e. The maximum atomic E-state index is 2.32. The zero-order valence-corrected chi connectivity index (χ0v) is 11.2. The second-order valence-electron chi connectivity index (χ2n) is 5.19. The number of allylic oxidation sites excluding steroid dienone is 4. The Morgan fingerprint density at radius 3 is 2.59 bits per heavy atom. The summed E-state index contributed by atoms with van der Waals surface area (Å²) in [5.41, 5.74) is 5.88. The van der Waals surface area contributed by atoms with Crippen LogP contribution in [0.1, 0.15) is 57.1 Å². The van der Waals surface area contributed by atoms with E-state index in [1.54, 1.807) is 0 Å². The van der Waals surface area contributed by atoms with Crippen LogP contribution in [0.4, 0.5) is 0 Å². The van der Waals surface area contributed by atoms with Crippen molar-refractivity contribution in [2.24, 2.45) is 0 Å². The summed E-state index contributed by atoms with van der Waals surface area (Å²) < 4.78 is 0. The lowest BCUT2D eigenvalue weighted by Gasteiger charge is -2.17. The third-order valence-corrected chi connectivity index (χ3v) is 3.60. The number of benzene rings is 1. The van der Waals surface area contributed by atoms with Crippen LogP contribution in [-0.4, -0.2) is 0 Å². The fraction of sp³-hybridized carbons (Fsp3) is 0.412. The molecule has 0 amide bonds. The Morgan fingerprint density at radius 1 is 1.18 bits per heavy atom. The molecule has 1 aromatic rings. The van der Waals surface area contributed by atoms with E-state index in [-0.39, 0.29) is 0 Å². The molecule has 17 heavy (non-hydrogen) atoms. The Kier molecular flexibility index (Phi) is 3.83. The van der Waals surface area contributed by atoms with E-state index in [1.165, 1.54) is 41.5 Å². The number of rotatable bonds is 2. The van der Waals surface area contributed by atoms with Crippen molar-refractivity contribution in [1.82, 2.24) is 0 Å². The van der Waals surface area contributed by atoms with E-state index in [4.69, 9.17) is 0 Å². The van der Waals surface area contributed by atoms with Crippen molar-refractivity contribution in [2.75, 3.05) is 0 Å².